The minimum Gasteiger partial charge on any atom is -0.311 e. The van der Waals surface area contributed by atoms with Crippen LogP contribution in [0.15, 0.2) is 28.7 Å². The van der Waals surface area contributed by atoms with Crippen molar-refractivity contribution in [3.05, 3.63) is 28.7 Å². The second kappa shape index (κ2) is 4.08. The summed E-state index contributed by atoms with van der Waals surface area (Å²) in [7, 11) is 0. The maximum atomic E-state index is 11.6. The molecule has 0 spiro atoms. The lowest BCUT2D eigenvalue weighted by Crippen LogP contribution is -2.24. The molecule has 0 radical (unpaired) electrons. The molecule has 1 aromatic carbocycles. The van der Waals surface area contributed by atoms with Crippen molar-refractivity contribution in [2.45, 2.75) is 6.42 Å². The molecular weight excluding hydrogens is 254 g/mol. The summed E-state index contributed by atoms with van der Waals surface area (Å²) in [6.45, 7) is 0.636. The number of benzene rings is 1. The summed E-state index contributed by atoms with van der Waals surface area (Å²) >= 11 is 3.36. The standard InChI is InChI=1S/C12H10BrNO/c1-2-9-7-12(15)14(8-9)11-5-3-10(13)4-6-11/h1,3-6,9H,7-8H2. The Morgan fingerprint density at radius 3 is 2.60 bits per heavy atom. The Bertz CT molecular complexity index is 418. The van der Waals surface area contributed by atoms with E-state index < -0.39 is 0 Å². The summed E-state index contributed by atoms with van der Waals surface area (Å²) < 4.78 is 1.01. The van der Waals surface area contributed by atoms with Crippen LogP contribution in [0.1, 0.15) is 6.42 Å². The van der Waals surface area contributed by atoms with Crippen molar-refractivity contribution >= 4 is 27.5 Å². The molecule has 1 atom stereocenters. The Morgan fingerprint density at radius 2 is 2.07 bits per heavy atom. The first kappa shape index (κ1) is 10.3. The molecule has 3 heteroatoms. The SMILES string of the molecule is C#CC1CC(=O)N(c2ccc(Br)cc2)C1. The van der Waals surface area contributed by atoms with Crippen molar-refractivity contribution in [2.75, 3.05) is 11.4 Å². The number of anilines is 1. The van der Waals surface area contributed by atoms with Gasteiger partial charge in [0.05, 0.1) is 0 Å². The summed E-state index contributed by atoms with van der Waals surface area (Å²) in [5.74, 6) is 2.80. The summed E-state index contributed by atoms with van der Waals surface area (Å²) in [4.78, 5) is 13.4. The van der Waals surface area contributed by atoms with Crippen LogP contribution in [0.5, 0.6) is 0 Å². The van der Waals surface area contributed by atoms with E-state index in [1.165, 1.54) is 0 Å². The third-order valence-corrected chi connectivity index (χ3v) is 3.03. The van der Waals surface area contributed by atoms with Gasteiger partial charge in [0.1, 0.15) is 0 Å². The smallest absolute Gasteiger partial charge is 0.228 e. The molecule has 1 aliphatic rings. The highest BCUT2D eigenvalue weighted by atomic mass is 79.9. The first-order chi connectivity index (χ1) is 7.20. The first-order valence-electron chi connectivity index (χ1n) is 4.73. The van der Waals surface area contributed by atoms with Crippen LogP contribution >= 0.6 is 15.9 Å². The van der Waals surface area contributed by atoms with Crippen LogP contribution in [0.3, 0.4) is 0 Å². The van der Waals surface area contributed by atoms with Gasteiger partial charge in [-0.25, -0.2) is 0 Å². The fourth-order valence-electron chi connectivity index (χ4n) is 1.69. The number of halogens is 1. The Kier molecular flexibility index (Phi) is 2.79. The molecule has 76 valence electrons. The molecular formula is C12H10BrNO. The third kappa shape index (κ3) is 2.05. The van der Waals surface area contributed by atoms with Crippen molar-refractivity contribution in [1.82, 2.24) is 0 Å². The van der Waals surface area contributed by atoms with E-state index in [0.717, 1.165) is 10.2 Å². The number of nitrogens with zero attached hydrogens (tertiary/aromatic N) is 1. The van der Waals surface area contributed by atoms with E-state index in [4.69, 9.17) is 6.42 Å². The van der Waals surface area contributed by atoms with Gasteiger partial charge in [0.15, 0.2) is 0 Å². The van der Waals surface area contributed by atoms with Gasteiger partial charge in [-0.3, -0.25) is 4.79 Å². The van der Waals surface area contributed by atoms with Crippen LogP contribution < -0.4 is 4.90 Å². The van der Waals surface area contributed by atoms with Gasteiger partial charge in [-0.15, -0.1) is 12.3 Å². The fourth-order valence-corrected chi connectivity index (χ4v) is 1.95. The molecule has 2 nitrogen and oxygen atoms in total. The highest BCUT2D eigenvalue weighted by Gasteiger charge is 2.28. The van der Waals surface area contributed by atoms with Crippen molar-refractivity contribution in [3.8, 4) is 12.3 Å². The van der Waals surface area contributed by atoms with E-state index in [1.54, 1.807) is 4.90 Å². The lowest BCUT2D eigenvalue weighted by molar-refractivity contribution is -0.117. The quantitative estimate of drug-likeness (QED) is 0.713. The molecule has 1 heterocycles. The van der Waals surface area contributed by atoms with Gasteiger partial charge in [0.25, 0.3) is 0 Å². The van der Waals surface area contributed by atoms with Crippen LogP contribution in [0.25, 0.3) is 0 Å². The highest BCUT2D eigenvalue weighted by Crippen LogP contribution is 2.25. The monoisotopic (exact) mass is 263 g/mol. The third-order valence-electron chi connectivity index (χ3n) is 2.50. The normalized spacial score (nSPS) is 20.4. The second-order valence-electron chi connectivity index (χ2n) is 3.55. The topological polar surface area (TPSA) is 20.3 Å². The van der Waals surface area contributed by atoms with Crippen LogP contribution in [0.4, 0.5) is 5.69 Å². The van der Waals surface area contributed by atoms with Crippen molar-refractivity contribution in [2.24, 2.45) is 5.92 Å². The average Bonchev–Trinajstić information content (AvgIpc) is 2.61. The Morgan fingerprint density at radius 1 is 1.40 bits per heavy atom. The van der Waals surface area contributed by atoms with Gasteiger partial charge in [0.2, 0.25) is 5.91 Å². The van der Waals surface area contributed by atoms with E-state index >= 15 is 0 Å². The molecule has 1 aliphatic heterocycles. The zero-order valence-corrected chi connectivity index (χ0v) is 9.70. The van der Waals surface area contributed by atoms with Gasteiger partial charge < -0.3 is 4.90 Å². The zero-order chi connectivity index (χ0) is 10.8. The molecule has 0 bridgehead atoms. The van der Waals surface area contributed by atoms with Gasteiger partial charge in [-0.05, 0) is 24.3 Å². The molecule has 0 N–H and O–H groups in total. The van der Waals surface area contributed by atoms with E-state index in [9.17, 15) is 4.79 Å². The second-order valence-corrected chi connectivity index (χ2v) is 4.46. The zero-order valence-electron chi connectivity index (χ0n) is 8.11. The fraction of sp³-hybridized carbons (Fsp3) is 0.250. The predicted molar refractivity (Wildman–Crippen MR) is 63.4 cm³/mol. The van der Waals surface area contributed by atoms with Crippen LogP contribution in [-0.4, -0.2) is 12.5 Å². The molecule has 15 heavy (non-hydrogen) atoms. The van der Waals surface area contributed by atoms with Gasteiger partial charge in [-0.2, -0.15) is 0 Å². The Labute approximate surface area is 97.4 Å². The van der Waals surface area contributed by atoms with Gasteiger partial charge in [-0.1, -0.05) is 15.9 Å². The van der Waals surface area contributed by atoms with E-state index in [0.29, 0.717) is 13.0 Å². The van der Waals surface area contributed by atoms with Crippen LogP contribution in [0, 0.1) is 18.3 Å². The van der Waals surface area contributed by atoms with Crippen molar-refractivity contribution in [1.29, 1.82) is 0 Å². The summed E-state index contributed by atoms with van der Waals surface area (Å²) in [6.07, 6.45) is 5.79. The van der Waals surface area contributed by atoms with Crippen LogP contribution in [-0.2, 0) is 4.79 Å². The molecule has 0 aromatic heterocycles. The van der Waals surface area contributed by atoms with E-state index in [2.05, 4.69) is 21.9 Å². The summed E-state index contributed by atoms with van der Waals surface area (Å²) in [6, 6.07) is 7.68. The first-order valence-corrected chi connectivity index (χ1v) is 5.52. The molecule has 1 unspecified atom stereocenters. The molecule has 0 saturated carbocycles. The highest BCUT2D eigenvalue weighted by molar-refractivity contribution is 9.10. The maximum absolute atomic E-state index is 11.6. The lowest BCUT2D eigenvalue weighted by atomic mass is 10.1. The van der Waals surface area contributed by atoms with Gasteiger partial charge >= 0.3 is 0 Å². The van der Waals surface area contributed by atoms with E-state index in [-0.39, 0.29) is 11.8 Å². The molecule has 0 aliphatic carbocycles. The number of hydrogen-bond donors (Lipinski definition) is 0. The number of amides is 1. The minimum absolute atomic E-state index is 0.0566. The number of terminal acetylenes is 1. The van der Waals surface area contributed by atoms with Gasteiger partial charge in [0, 0.05) is 29.0 Å². The number of carbonyl (C=O) groups is 1. The Hall–Kier alpha value is -1.27. The lowest BCUT2D eigenvalue weighted by Gasteiger charge is -2.15. The minimum atomic E-state index is 0.0566. The average molecular weight is 264 g/mol. The molecule has 2 rings (SSSR count). The largest absolute Gasteiger partial charge is 0.311 e. The molecule has 1 aromatic rings. The molecule has 1 fully saturated rings. The van der Waals surface area contributed by atoms with Crippen molar-refractivity contribution < 1.29 is 4.79 Å². The van der Waals surface area contributed by atoms with Crippen LogP contribution in [0.2, 0.25) is 0 Å². The number of rotatable bonds is 1. The summed E-state index contributed by atoms with van der Waals surface area (Å²) in [5, 5.41) is 0. The summed E-state index contributed by atoms with van der Waals surface area (Å²) in [5.41, 5.74) is 0.918. The van der Waals surface area contributed by atoms with Crippen molar-refractivity contribution in [3.63, 3.8) is 0 Å². The predicted octanol–water partition coefficient (Wildman–Crippen LogP) is 2.44. The maximum Gasteiger partial charge on any atom is 0.228 e. The molecule has 1 saturated heterocycles. The van der Waals surface area contributed by atoms with E-state index in [1.807, 2.05) is 24.3 Å². The number of hydrogen-bond acceptors (Lipinski definition) is 1. The molecule has 1 amide bonds. The number of carbonyl (C=O) groups excluding carboxylic acids is 1. The Balaban J connectivity index is 2.22.